The first kappa shape index (κ1) is 15.8. The fourth-order valence-corrected chi connectivity index (χ4v) is 2.92. The van der Waals surface area contributed by atoms with Gasteiger partial charge in [0.2, 0.25) is 0 Å². The second-order valence-corrected chi connectivity index (χ2v) is 5.73. The number of hydrogen-bond acceptors (Lipinski definition) is 3. The molecule has 1 amide bonds. The molecular weight excluding hydrogens is 266 g/mol. The van der Waals surface area contributed by atoms with Crippen LogP contribution >= 0.6 is 0 Å². The van der Waals surface area contributed by atoms with Crippen molar-refractivity contribution in [3.05, 3.63) is 29.8 Å². The van der Waals surface area contributed by atoms with Crippen LogP contribution in [0.15, 0.2) is 24.3 Å². The van der Waals surface area contributed by atoms with Gasteiger partial charge in [0.25, 0.3) is 5.91 Å². The highest BCUT2D eigenvalue weighted by Gasteiger charge is 2.26. The molecule has 1 aromatic carbocycles. The molecule has 1 aliphatic carbocycles. The molecule has 0 bridgehead atoms. The molecule has 0 aromatic heterocycles. The van der Waals surface area contributed by atoms with E-state index in [1.807, 2.05) is 24.3 Å². The third-order valence-corrected chi connectivity index (χ3v) is 4.29. The van der Waals surface area contributed by atoms with E-state index in [0.29, 0.717) is 18.4 Å². The van der Waals surface area contributed by atoms with Gasteiger partial charge in [-0.15, -0.1) is 0 Å². The van der Waals surface area contributed by atoms with Crippen molar-refractivity contribution in [3.8, 4) is 5.75 Å². The minimum Gasteiger partial charge on any atom is -0.484 e. The Bertz CT molecular complexity index is 461. The second kappa shape index (κ2) is 8.03. The topological polar surface area (TPSA) is 58.6 Å². The zero-order valence-electron chi connectivity index (χ0n) is 12.7. The average Bonchev–Trinajstić information content (AvgIpc) is 2.98. The van der Waals surface area contributed by atoms with E-state index in [1.54, 1.807) is 0 Å². The molecule has 0 radical (unpaired) electrons. The van der Waals surface area contributed by atoms with E-state index >= 15 is 0 Å². The summed E-state index contributed by atoms with van der Waals surface area (Å²) in [5.41, 5.74) is 1.20. The number of benzene rings is 1. The predicted octanol–water partition coefficient (Wildman–Crippen LogP) is 2.15. The lowest BCUT2D eigenvalue weighted by Crippen LogP contribution is -2.34. The molecule has 21 heavy (non-hydrogen) atoms. The Morgan fingerprint density at radius 1 is 1.38 bits per heavy atom. The van der Waals surface area contributed by atoms with Crippen molar-refractivity contribution >= 4 is 5.91 Å². The lowest BCUT2D eigenvalue weighted by Gasteiger charge is -2.17. The highest BCUT2D eigenvalue weighted by molar-refractivity contribution is 5.77. The second-order valence-electron chi connectivity index (χ2n) is 5.73. The van der Waals surface area contributed by atoms with Gasteiger partial charge in [-0.2, -0.15) is 0 Å². The molecule has 0 aliphatic heterocycles. The zero-order chi connectivity index (χ0) is 15.1. The minimum absolute atomic E-state index is 0.0453. The number of hydrogen-bond donors (Lipinski definition) is 2. The van der Waals surface area contributed by atoms with Crippen LogP contribution in [0.25, 0.3) is 0 Å². The number of carbonyl (C=O) groups excluding carboxylic acids is 1. The van der Waals surface area contributed by atoms with Gasteiger partial charge in [0, 0.05) is 13.2 Å². The number of nitrogens with one attached hydrogen (secondary N) is 1. The number of rotatable bonds is 7. The maximum Gasteiger partial charge on any atom is 0.257 e. The van der Waals surface area contributed by atoms with Crippen LogP contribution in [-0.4, -0.2) is 30.8 Å². The van der Waals surface area contributed by atoms with Crippen molar-refractivity contribution < 1.29 is 14.6 Å². The summed E-state index contributed by atoms with van der Waals surface area (Å²) in [5.74, 6) is 1.38. The molecule has 2 unspecified atom stereocenters. The molecule has 0 spiro atoms. The van der Waals surface area contributed by atoms with Gasteiger partial charge in [-0.25, -0.2) is 0 Å². The molecule has 1 aromatic rings. The lowest BCUT2D eigenvalue weighted by atomic mass is 9.97. The normalized spacial score (nSPS) is 21.2. The number of ether oxygens (including phenoxy) is 1. The van der Waals surface area contributed by atoms with Crippen LogP contribution in [0.5, 0.6) is 5.75 Å². The van der Waals surface area contributed by atoms with Gasteiger partial charge >= 0.3 is 0 Å². The third kappa shape index (κ3) is 4.74. The number of aliphatic hydroxyl groups is 1. The van der Waals surface area contributed by atoms with Crippen molar-refractivity contribution in [2.75, 3.05) is 19.8 Å². The van der Waals surface area contributed by atoms with Crippen LogP contribution in [0.1, 0.15) is 31.7 Å². The first-order valence-corrected chi connectivity index (χ1v) is 7.82. The van der Waals surface area contributed by atoms with Crippen LogP contribution in [0.4, 0.5) is 0 Å². The van der Waals surface area contributed by atoms with E-state index in [4.69, 9.17) is 4.74 Å². The van der Waals surface area contributed by atoms with Crippen molar-refractivity contribution in [3.63, 3.8) is 0 Å². The molecule has 1 aliphatic rings. The van der Waals surface area contributed by atoms with Crippen LogP contribution in [-0.2, 0) is 11.2 Å². The minimum atomic E-state index is -0.0968. The molecular formula is C17H25NO3. The molecule has 0 saturated heterocycles. The molecule has 2 N–H and O–H groups in total. The maximum atomic E-state index is 11.8. The summed E-state index contributed by atoms with van der Waals surface area (Å²) in [6.07, 6.45) is 4.25. The Kier molecular flexibility index (Phi) is 6.05. The van der Waals surface area contributed by atoms with Gasteiger partial charge in [0.1, 0.15) is 5.75 Å². The summed E-state index contributed by atoms with van der Waals surface area (Å²) in [4.78, 5) is 11.8. The highest BCUT2D eigenvalue weighted by Crippen LogP contribution is 2.30. The Morgan fingerprint density at radius 2 is 2.19 bits per heavy atom. The maximum absolute atomic E-state index is 11.8. The smallest absolute Gasteiger partial charge is 0.257 e. The van der Waals surface area contributed by atoms with E-state index in [1.165, 1.54) is 5.56 Å². The van der Waals surface area contributed by atoms with Gasteiger partial charge < -0.3 is 15.2 Å². The first-order chi connectivity index (χ1) is 10.2. The quantitative estimate of drug-likeness (QED) is 0.809. The van der Waals surface area contributed by atoms with Crippen molar-refractivity contribution in [2.45, 2.75) is 32.6 Å². The fourth-order valence-electron chi connectivity index (χ4n) is 2.92. The molecule has 116 valence electrons. The monoisotopic (exact) mass is 291 g/mol. The summed E-state index contributed by atoms with van der Waals surface area (Å²) < 4.78 is 5.52. The third-order valence-electron chi connectivity index (χ3n) is 4.29. The van der Waals surface area contributed by atoms with E-state index in [-0.39, 0.29) is 19.1 Å². The van der Waals surface area contributed by atoms with Crippen molar-refractivity contribution in [2.24, 2.45) is 11.8 Å². The van der Waals surface area contributed by atoms with Gasteiger partial charge in [-0.05, 0) is 48.8 Å². The molecule has 0 heterocycles. The Morgan fingerprint density at radius 3 is 2.95 bits per heavy atom. The molecule has 1 saturated carbocycles. The highest BCUT2D eigenvalue weighted by atomic mass is 16.5. The van der Waals surface area contributed by atoms with Crippen LogP contribution in [0, 0.1) is 11.8 Å². The Hall–Kier alpha value is -1.55. The first-order valence-electron chi connectivity index (χ1n) is 7.82. The van der Waals surface area contributed by atoms with Crippen LogP contribution in [0.3, 0.4) is 0 Å². The van der Waals surface area contributed by atoms with Gasteiger partial charge in [-0.1, -0.05) is 25.5 Å². The SMILES string of the molecule is CCc1cccc(OCC(=O)NCC2CCCC2CO)c1. The summed E-state index contributed by atoms with van der Waals surface area (Å²) in [5, 5.41) is 12.2. The molecule has 4 nitrogen and oxygen atoms in total. The van der Waals surface area contributed by atoms with E-state index in [9.17, 15) is 9.90 Å². The Labute approximate surface area is 126 Å². The van der Waals surface area contributed by atoms with Gasteiger partial charge in [0.15, 0.2) is 6.61 Å². The number of aliphatic hydroxyl groups excluding tert-OH is 1. The summed E-state index contributed by atoms with van der Waals surface area (Å²) in [7, 11) is 0. The van der Waals surface area contributed by atoms with Crippen molar-refractivity contribution in [1.29, 1.82) is 0 Å². The molecule has 1 fully saturated rings. The lowest BCUT2D eigenvalue weighted by molar-refractivity contribution is -0.123. The zero-order valence-corrected chi connectivity index (χ0v) is 12.7. The standard InChI is InChI=1S/C17H25NO3/c1-2-13-5-3-8-16(9-13)21-12-17(20)18-10-14-6-4-7-15(14)11-19/h3,5,8-9,14-15,19H,2,4,6-7,10-12H2,1H3,(H,18,20). The predicted molar refractivity (Wildman–Crippen MR) is 82.2 cm³/mol. The van der Waals surface area contributed by atoms with Crippen LogP contribution in [0.2, 0.25) is 0 Å². The number of carbonyl (C=O) groups is 1. The van der Waals surface area contributed by atoms with Gasteiger partial charge in [-0.3, -0.25) is 4.79 Å². The fraction of sp³-hybridized carbons (Fsp3) is 0.588. The summed E-state index contributed by atoms with van der Waals surface area (Å²) in [6, 6.07) is 7.82. The van der Waals surface area contributed by atoms with Crippen molar-refractivity contribution in [1.82, 2.24) is 5.32 Å². The summed E-state index contributed by atoms with van der Waals surface area (Å²) in [6.45, 7) is 3.00. The van der Waals surface area contributed by atoms with Gasteiger partial charge in [0.05, 0.1) is 0 Å². The Balaban J connectivity index is 1.72. The molecule has 2 atom stereocenters. The average molecular weight is 291 g/mol. The van der Waals surface area contributed by atoms with Crippen LogP contribution < -0.4 is 10.1 Å². The molecule has 2 rings (SSSR count). The molecule has 4 heteroatoms. The summed E-state index contributed by atoms with van der Waals surface area (Å²) >= 11 is 0. The number of amides is 1. The number of aryl methyl sites for hydroxylation is 1. The largest absolute Gasteiger partial charge is 0.484 e. The van der Waals surface area contributed by atoms with E-state index in [0.717, 1.165) is 31.4 Å². The van der Waals surface area contributed by atoms with E-state index in [2.05, 4.69) is 12.2 Å². The van der Waals surface area contributed by atoms with E-state index < -0.39 is 0 Å².